The zero-order valence-electron chi connectivity index (χ0n) is 11.4. The van der Waals surface area contributed by atoms with Crippen LogP contribution >= 0.6 is 11.6 Å². The van der Waals surface area contributed by atoms with Crippen LogP contribution < -0.4 is 5.32 Å². The number of sulfonamides is 1. The molecule has 0 saturated carbocycles. The van der Waals surface area contributed by atoms with Crippen molar-refractivity contribution < 1.29 is 8.42 Å². The van der Waals surface area contributed by atoms with Gasteiger partial charge in [-0.25, -0.2) is 8.42 Å². The van der Waals surface area contributed by atoms with Crippen LogP contribution in [0.3, 0.4) is 0 Å². The van der Waals surface area contributed by atoms with Gasteiger partial charge in [0.1, 0.15) is 0 Å². The third kappa shape index (κ3) is 4.04. The number of rotatable bonds is 6. The van der Waals surface area contributed by atoms with E-state index in [9.17, 15) is 8.42 Å². The number of hydrogen-bond acceptors (Lipinski definition) is 3. The summed E-state index contributed by atoms with van der Waals surface area (Å²) < 4.78 is 25.9. The molecule has 0 aliphatic rings. The fraction of sp³-hybridized carbons (Fsp3) is 0.385. The van der Waals surface area contributed by atoms with E-state index in [2.05, 4.69) is 11.9 Å². The highest BCUT2D eigenvalue weighted by Gasteiger charge is 2.21. The van der Waals surface area contributed by atoms with Crippen LogP contribution in [0, 0.1) is 0 Å². The Labute approximate surface area is 120 Å². The number of nitrogens with zero attached hydrogens (tertiary/aromatic N) is 1. The number of halogens is 1. The Balaban J connectivity index is 3.09. The van der Waals surface area contributed by atoms with Gasteiger partial charge >= 0.3 is 0 Å². The lowest BCUT2D eigenvalue weighted by Crippen LogP contribution is -2.28. The summed E-state index contributed by atoms with van der Waals surface area (Å²) in [5.74, 6) is 0. The molecule has 106 valence electrons. The van der Waals surface area contributed by atoms with E-state index in [-0.39, 0.29) is 11.4 Å². The SMILES string of the molecule is C=C(C)CN(C)S(=O)(=O)c1ccc(CNC)c(Cl)c1. The summed E-state index contributed by atoms with van der Waals surface area (Å²) in [7, 11) is -0.186. The predicted octanol–water partition coefficient (Wildman–Crippen LogP) is 2.26. The second kappa shape index (κ2) is 6.52. The number of nitrogens with one attached hydrogen (secondary N) is 1. The molecule has 1 aromatic rings. The molecule has 0 aliphatic carbocycles. The average molecular weight is 303 g/mol. The summed E-state index contributed by atoms with van der Waals surface area (Å²) >= 11 is 6.08. The minimum Gasteiger partial charge on any atom is -0.316 e. The quantitative estimate of drug-likeness (QED) is 0.820. The van der Waals surface area contributed by atoms with E-state index >= 15 is 0 Å². The van der Waals surface area contributed by atoms with Crippen molar-refractivity contribution in [2.45, 2.75) is 18.4 Å². The molecule has 0 amide bonds. The summed E-state index contributed by atoms with van der Waals surface area (Å²) in [6.07, 6.45) is 0. The smallest absolute Gasteiger partial charge is 0.243 e. The number of hydrogen-bond donors (Lipinski definition) is 1. The van der Waals surface area contributed by atoms with Crippen LogP contribution in [0.25, 0.3) is 0 Å². The van der Waals surface area contributed by atoms with Crippen molar-refractivity contribution in [2.75, 3.05) is 20.6 Å². The highest BCUT2D eigenvalue weighted by atomic mass is 35.5. The molecule has 0 fully saturated rings. The van der Waals surface area contributed by atoms with Crippen LogP contribution in [0.5, 0.6) is 0 Å². The van der Waals surface area contributed by atoms with Crippen molar-refractivity contribution in [3.05, 3.63) is 40.9 Å². The topological polar surface area (TPSA) is 49.4 Å². The predicted molar refractivity (Wildman–Crippen MR) is 78.8 cm³/mol. The van der Waals surface area contributed by atoms with Crippen LogP contribution in [0.4, 0.5) is 0 Å². The summed E-state index contributed by atoms with van der Waals surface area (Å²) in [6, 6.07) is 4.78. The Morgan fingerprint density at radius 1 is 1.47 bits per heavy atom. The summed E-state index contributed by atoms with van der Waals surface area (Å²) in [5, 5.41) is 3.42. The van der Waals surface area contributed by atoms with Gasteiger partial charge in [-0.15, -0.1) is 0 Å². The molecular weight excluding hydrogens is 284 g/mol. The fourth-order valence-electron chi connectivity index (χ4n) is 1.67. The summed E-state index contributed by atoms with van der Waals surface area (Å²) in [5.41, 5.74) is 1.65. The zero-order chi connectivity index (χ0) is 14.6. The van der Waals surface area contributed by atoms with Gasteiger partial charge in [0.15, 0.2) is 0 Å². The molecule has 19 heavy (non-hydrogen) atoms. The molecule has 1 rings (SSSR count). The van der Waals surface area contributed by atoms with Crippen molar-refractivity contribution in [3.8, 4) is 0 Å². The highest BCUT2D eigenvalue weighted by molar-refractivity contribution is 7.89. The van der Waals surface area contributed by atoms with Gasteiger partial charge in [-0.3, -0.25) is 0 Å². The normalized spacial score (nSPS) is 11.8. The maximum atomic E-state index is 12.3. The van der Waals surface area contributed by atoms with Gasteiger partial charge < -0.3 is 5.32 Å². The molecule has 1 N–H and O–H groups in total. The first kappa shape index (κ1) is 16.2. The molecular formula is C13H19ClN2O2S. The van der Waals surface area contributed by atoms with E-state index in [0.29, 0.717) is 11.6 Å². The minimum atomic E-state index is -3.52. The summed E-state index contributed by atoms with van der Waals surface area (Å²) in [4.78, 5) is 0.195. The molecule has 4 nitrogen and oxygen atoms in total. The molecule has 0 aromatic heterocycles. The molecule has 0 radical (unpaired) electrons. The maximum absolute atomic E-state index is 12.3. The third-order valence-corrected chi connectivity index (χ3v) is 4.74. The summed E-state index contributed by atoms with van der Waals surface area (Å²) in [6.45, 7) is 6.39. The largest absolute Gasteiger partial charge is 0.316 e. The van der Waals surface area contributed by atoms with Gasteiger partial charge in [0.2, 0.25) is 10.0 Å². The minimum absolute atomic E-state index is 0.195. The number of benzene rings is 1. The lowest BCUT2D eigenvalue weighted by atomic mass is 10.2. The van der Waals surface area contributed by atoms with Crippen LogP contribution in [0.2, 0.25) is 5.02 Å². The van der Waals surface area contributed by atoms with Crippen LogP contribution in [-0.4, -0.2) is 33.4 Å². The van der Waals surface area contributed by atoms with Crippen LogP contribution in [0.1, 0.15) is 12.5 Å². The third-order valence-electron chi connectivity index (χ3n) is 2.59. The van der Waals surface area contributed by atoms with Gasteiger partial charge in [-0.2, -0.15) is 4.31 Å². The first-order valence-corrected chi connectivity index (χ1v) is 7.64. The molecule has 0 saturated heterocycles. The van der Waals surface area contributed by atoms with Crippen molar-refractivity contribution in [3.63, 3.8) is 0 Å². The molecule has 1 aromatic carbocycles. The van der Waals surface area contributed by atoms with Gasteiger partial charge in [-0.1, -0.05) is 29.8 Å². The maximum Gasteiger partial charge on any atom is 0.243 e. The fourth-order valence-corrected chi connectivity index (χ4v) is 3.24. The first-order chi connectivity index (χ1) is 8.78. The standard InChI is InChI=1S/C13H19ClN2O2S/c1-10(2)9-16(4)19(17,18)12-6-5-11(8-15-3)13(14)7-12/h5-7,15H,1,8-9H2,2-4H3. The molecule has 0 heterocycles. The molecule has 0 spiro atoms. The Hall–Kier alpha value is -0.880. The van der Waals surface area contributed by atoms with Crippen molar-refractivity contribution in [1.82, 2.24) is 9.62 Å². The molecule has 0 aliphatic heterocycles. The van der Waals surface area contributed by atoms with Crippen LogP contribution in [-0.2, 0) is 16.6 Å². The Kier molecular flexibility index (Phi) is 5.55. The van der Waals surface area contributed by atoms with Crippen molar-refractivity contribution in [1.29, 1.82) is 0 Å². The van der Waals surface area contributed by atoms with Gasteiger partial charge in [0.25, 0.3) is 0 Å². The molecule has 0 bridgehead atoms. The molecule has 6 heteroatoms. The average Bonchev–Trinajstić information content (AvgIpc) is 2.31. The van der Waals surface area contributed by atoms with Gasteiger partial charge in [0, 0.05) is 25.2 Å². The highest BCUT2D eigenvalue weighted by Crippen LogP contribution is 2.23. The zero-order valence-corrected chi connectivity index (χ0v) is 13.0. The van der Waals surface area contributed by atoms with Gasteiger partial charge in [-0.05, 0) is 31.7 Å². The van der Waals surface area contributed by atoms with Crippen LogP contribution in [0.15, 0.2) is 35.2 Å². The molecule has 0 unspecified atom stereocenters. The van der Waals surface area contributed by atoms with E-state index in [1.54, 1.807) is 19.1 Å². The Morgan fingerprint density at radius 3 is 2.58 bits per heavy atom. The van der Waals surface area contributed by atoms with E-state index < -0.39 is 10.0 Å². The Bertz CT molecular complexity index is 570. The first-order valence-electron chi connectivity index (χ1n) is 5.82. The lowest BCUT2D eigenvalue weighted by Gasteiger charge is -2.17. The van der Waals surface area contributed by atoms with E-state index in [0.717, 1.165) is 11.1 Å². The molecule has 0 atom stereocenters. The van der Waals surface area contributed by atoms with Crippen molar-refractivity contribution in [2.24, 2.45) is 0 Å². The van der Waals surface area contributed by atoms with E-state index in [1.807, 2.05) is 7.05 Å². The monoisotopic (exact) mass is 302 g/mol. The van der Waals surface area contributed by atoms with E-state index in [4.69, 9.17) is 11.6 Å². The van der Waals surface area contributed by atoms with Crippen molar-refractivity contribution >= 4 is 21.6 Å². The second-order valence-corrected chi connectivity index (χ2v) is 6.95. The second-order valence-electron chi connectivity index (χ2n) is 4.50. The number of likely N-dealkylation sites (N-methyl/N-ethyl adjacent to an activating group) is 1. The lowest BCUT2D eigenvalue weighted by molar-refractivity contribution is 0.493. The Morgan fingerprint density at radius 2 is 2.11 bits per heavy atom. The van der Waals surface area contributed by atoms with E-state index in [1.165, 1.54) is 17.4 Å². The van der Waals surface area contributed by atoms with Gasteiger partial charge in [0.05, 0.1) is 4.90 Å².